The highest BCUT2D eigenvalue weighted by Crippen LogP contribution is 2.22. The van der Waals surface area contributed by atoms with Gasteiger partial charge in [-0.2, -0.15) is 0 Å². The lowest BCUT2D eigenvalue weighted by Crippen LogP contribution is -2.32. The topological polar surface area (TPSA) is 58.3 Å². The van der Waals surface area contributed by atoms with Crippen LogP contribution in [0.15, 0.2) is 18.2 Å². The Labute approximate surface area is 93.3 Å². The summed E-state index contributed by atoms with van der Waals surface area (Å²) in [5, 5.41) is 12.6. The second-order valence-electron chi connectivity index (χ2n) is 3.64. The van der Waals surface area contributed by atoms with Gasteiger partial charge in [0.1, 0.15) is 0 Å². The molecule has 5 heteroatoms. The zero-order valence-corrected chi connectivity index (χ0v) is 9.08. The molecule has 2 atom stereocenters. The van der Waals surface area contributed by atoms with Crippen molar-refractivity contribution in [3.8, 4) is 0 Å². The van der Waals surface area contributed by atoms with E-state index in [2.05, 4.69) is 5.32 Å². The summed E-state index contributed by atoms with van der Waals surface area (Å²) >= 11 is 0. The van der Waals surface area contributed by atoms with E-state index in [1.54, 1.807) is 7.05 Å². The normalized spacial score (nSPS) is 14.8. The number of nitrogens with one attached hydrogen (secondary N) is 1. The van der Waals surface area contributed by atoms with Crippen LogP contribution in [0.5, 0.6) is 0 Å². The van der Waals surface area contributed by atoms with Gasteiger partial charge in [0.25, 0.3) is 0 Å². The average molecular weight is 230 g/mol. The molecule has 16 heavy (non-hydrogen) atoms. The van der Waals surface area contributed by atoms with Crippen LogP contribution < -0.4 is 11.1 Å². The van der Waals surface area contributed by atoms with Crippen LogP contribution in [0.1, 0.15) is 18.1 Å². The molecule has 1 aromatic rings. The number of hydrogen-bond donors (Lipinski definition) is 3. The van der Waals surface area contributed by atoms with E-state index in [4.69, 9.17) is 5.73 Å². The van der Waals surface area contributed by atoms with E-state index in [9.17, 15) is 13.9 Å². The van der Waals surface area contributed by atoms with Gasteiger partial charge in [0, 0.05) is 11.6 Å². The number of aliphatic hydroxyl groups excluding tert-OH is 1. The maximum atomic E-state index is 13.3. The fourth-order valence-electron chi connectivity index (χ4n) is 1.45. The summed E-state index contributed by atoms with van der Waals surface area (Å²) in [6.07, 6.45) is -0.711. The monoisotopic (exact) mass is 230 g/mol. The van der Waals surface area contributed by atoms with Crippen LogP contribution in [0.4, 0.5) is 8.78 Å². The maximum Gasteiger partial charge on any atom is 0.164 e. The number of hydrogen-bond acceptors (Lipinski definition) is 3. The van der Waals surface area contributed by atoms with Gasteiger partial charge in [0.15, 0.2) is 11.6 Å². The Bertz CT molecular complexity index is 347. The second kappa shape index (κ2) is 5.89. The Kier molecular flexibility index (Phi) is 4.79. The predicted molar refractivity (Wildman–Crippen MR) is 57.8 cm³/mol. The van der Waals surface area contributed by atoms with Gasteiger partial charge < -0.3 is 16.2 Å². The first-order valence-corrected chi connectivity index (χ1v) is 5.10. The van der Waals surface area contributed by atoms with Gasteiger partial charge in [-0.25, -0.2) is 8.78 Å². The molecular weight excluding hydrogens is 214 g/mol. The van der Waals surface area contributed by atoms with Gasteiger partial charge in [-0.15, -0.1) is 0 Å². The zero-order chi connectivity index (χ0) is 12.1. The lowest BCUT2D eigenvalue weighted by atomic mass is 10.00. The van der Waals surface area contributed by atoms with Crippen molar-refractivity contribution < 1.29 is 13.9 Å². The Morgan fingerprint density at radius 2 is 2.12 bits per heavy atom. The van der Waals surface area contributed by atoms with Crippen LogP contribution >= 0.6 is 0 Å². The Hall–Kier alpha value is -1.04. The van der Waals surface area contributed by atoms with Crippen molar-refractivity contribution in [2.24, 2.45) is 5.73 Å². The SMILES string of the molecule is CNCCC(N)C(O)c1cccc(F)c1F. The van der Waals surface area contributed by atoms with Gasteiger partial charge in [-0.3, -0.25) is 0 Å². The lowest BCUT2D eigenvalue weighted by molar-refractivity contribution is 0.137. The predicted octanol–water partition coefficient (Wildman–Crippen LogP) is 0.935. The summed E-state index contributed by atoms with van der Waals surface area (Å²) < 4.78 is 26.2. The van der Waals surface area contributed by atoms with Crippen molar-refractivity contribution >= 4 is 0 Å². The minimum Gasteiger partial charge on any atom is -0.387 e. The van der Waals surface area contributed by atoms with E-state index >= 15 is 0 Å². The first kappa shape index (κ1) is 13.0. The quantitative estimate of drug-likeness (QED) is 0.705. The van der Waals surface area contributed by atoms with Crippen LogP contribution in [0, 0.1) is 11.6 Å². The van der Waals surface area contributed by atoms with Gasteiger partial charge in [0.05, 0.1) is 6.10 Å². The van der Waals surface area contributed by atoms with E-state index < -0.39 is 23.8 Å². The van der Waals surface area contributed by atoms with Crippen LogP contribution in [0.25, 0.3) is 0 Å². The Morgan fingerprint density at radius 3 is 2.75 bits per heavy atom. The van der Waals surface area contributed by atoms with Crippen molar-refractivity contribution in [1.29, 1.82) is 0 Å². The maximum absolute atomic E-state index is 13.3. The minimum atomic E-state index is -1.19. The third kappa shape index (κ3) is 2.98. The number of aliphatic hydroxyl groups is 1. The van der Waals surface area contributed by atoms with E-state index in [0.717, 1.165) is 6.07 Å². The molecule has 2 unspecified atom stereocenters. The van der Waals surface area contributed by atoms with Crippen molar-refractivity contribution in [3.63, 3.8) is 0 Å². The summed E-state index contributed by atoms with van der Waals surface area (Å²) in [7, 11) is 1.75. The fraction of sp³-hybridized carbons (Fsp3) is 0.455. The minimum absolute atomic E-state index is 0.0939. The summed E-state index contributed by atoms with van der Waals surface area (Å²) in [5.41, 5.74) is 5.58. The molecule has 0 aliphatic carbocycles. The fourth-order valence-corrected chi connectivity index (χ4v) is 1.45. The van der Waals surface area contributed by atoms with Crippen LogP contribution in [-0.2, 0) is 0 Å². The molecule has 0 amide bonds. The third-order valence-electron chi connectivity index (χ3n) is 2.43. The highest BCUT2D eigenvalue weighted by atomic mass is 19.2. The smallest absolute Gasteiger partial charge is 0.164 e. The highest BCUT2D eigenvalue weighted by molar-refractivity contribution is 5.22. The molecule has 1 rings (SSSR count). The molecule has 0 spiro atoms. The molecule has 0 heterocycles. The number of rotatable bonds is 5. The van der Waals surface area contributed by atoms with Crippen LogP contribution in [-0.4, -0.2) is 24.7 Å². The molecule has 0 bridgehead atoms. The standard InChI is InChI=1S/C11H16F2N2O/c1-15-6-5-9(14)11(16)7-3-2-4-8(12)10(7)13/h2-4,9,11,15-16H,5-6,14H2,1H3. The van der Waals surface area contributed by atoms with Gasteiger partial charge >= 0.3 is 0 Å². The number of benzene rings is 1. The van der Waals surface area contributed by atoms with E-state index in [-0.39, 0.29) is 5.56 Å². The first-order valence-electron chi connectivity index (χ1n) is 5.10. The highest BCUT2D eigenvalue weighted by Gasteiger charge is 2.21. The molecule has 0 aliphatic rings. The molecule has 0 radical (unpaired) electrons. The largest absolute Gasteiger partial charge is 0.387 e. The summed E-state index contributed by atoms with van der Waals surface area (Å²) in [6, 6.07) is 3.07. The Morgan fingerprint density at radius 1 is 1.44 bits per heavy atom. The molecular formula is C11H16F2N2O. The molecule has 0 saturated carbocycles. The van der Waals surface area contributed by atoms with Gasteiger partial charge in [-0.05, 0) is 26.1 Å². The van der Waals surface area contributed by atoms with Crippen molar-refractivity contribution in [3.05, 3.63) is 35.4 Å². The molecule has 90 valence electrons. The average Bonchev–Trinajstić information content (AvgIpc) is 2.28. The molecule has 0 aliphatic heterocycles. The summed E-state index contributed by atoms with van der Waals surface area (Å²) in [4.78, 5) is 0. The molecule has 0 saturated heterocycles. The first-order chi connectivity index (χ1) is 7.57. The summed E-state index contributed by atoms with van der Waals surface area (Å²) in [6.45, 7) is 0.606. The van der Waals surface area contributed by atoms with Crippen LogP contribution in [0.3, 0.4) is 0 Å². The van der Waals surface area contributed by atoms with Gasteiger partial charge in [-0.1, -0.05) is 12.1 Å². The van der Waals surface area contributed by atoms with Crippen molar-refractivity contribution in [2.75, 3.05) is 13.6 Å². The molecule has 0 fully saturated rings. The van der Waals surface area contributed by atoms with E-state index in [1.807, 2.05) is 0 Å². The molecule has 0 aromatic heterocycles. The number of nitrogens with two attached hydrogens (primary N) is 1. The molecule has 4 N–H and O–H groups in total. The second-order valence-corrected chi connectivity index (χ2v) is 3.64. The van der Waals surface area contributed by atoms with Gasteiger partial charge in [0.2, 0.25) is 0 Å². The number of halogens is 2. The molecule has 1 aromatic carbocycles. The Balaban J connectivity index is 2.79. The van der Waals surface area contributed by atoms with Crippen molar-refractivity contribution in [2.45, 2.75) is 18.6 Å². The zero-order valence-electron chi connectivity index (χ0n) is 9.08. The molecule has 3 nitrogen and oxygen atoms in total. The van der Waals surface area contributed by atoms with Crippen molar-refractivity contribution in [1.82, 2.24) is 5.32 Å². The van der Waals surface area contributed by atoms with E-state index in [0.29, 0.717) is 13.0 Å². The third-order valence-corrected chi connectivity index (χ3v) is 2.43. The lowest BCUT2D eigenvalue weighted by Gasteiger charge is -2.19. The summed E-state index contributed by atoms with van der Waals surface area (Å²) in [5.74, 6) is -2.01. The van der Waals surface area contributed by atoms with E-state index in [1.165, 1.54) is 12.1 Å². The van der Waals surface area contributed by atoms with Crippen LogP contribution in [0.2, 0.25) is 0 Å².